The molecule has 0 unspecified atom stereocenters. The fourth-order valence-electron chi connectivity index (χ4n) is 4.65. The number of benzene rings is 1. The molecule has 0 spiro atoms. The van der Waals surface area contributed by atoms with Gasteiger partial charge < -0.3 is 29.7 Å². The Morgan fingerprint density at radius 3 is 2.41 bits per heavy atom. The van der Waals surface area contributed by atoms with Crippen molar-refractivity contribution in [3.63, 3.8) is 0 Å². The van der Waals surface area contributed by atoms with Crippen molar-refractivity contribution < 1.29 is 41.8 Å². The predicted molar refractivity (Wildman–Crippen MR) is 158 cm³/mol. The van der Waals surface area contributed by atoms with E-state index in [-0.39, 0.29) is 24.8 Å². The first-order valence-electron chi connectivity index (χ1n) is 14.3. The number of amides is 3. The number of carbonyl (C=O) groups excluding carboxylic acids is 3. The van der Waals surface area contributed by atoms with Crippen LogP contribution in [-0.2, 0) is 14.3 Å². The molecule has 10 nitrogen and oxygen atoms in total. The van der Waals surface area contributed by atoms with Gasteiger partial charge >= 0.3 is 12.5 Å². The molecule has 242 valence electrons. The highest BCUT2D eigenvalue weighted by Gasteiger charge is 2.46. The predicted octanol–water partition coefficient (Wildman–Crippen LogP) is 5.36. The van der Waals surface area contributed by atoms with Gasteiger partial charge in [0.05, 0.1) is 6.54 Å². The Morgan fingerprint density at radius 2 is 1.82 bits per heavy atom. The van der Waals surface area contributed by atoms with Crippen LogP contribution in [0.5, 0.6) is 11.6 Å². The maximum Gasteiger partial charge on any atom is 0.573 e. The molecule has 44 heavy (non-hydrogen) atoms. The van der Waals surface area contributed by atoms with Gasteiger partial charge in [0.15, 0.2) is 0 Å². The SMILES string of the molecule is C=C[C@@H](C)CNC(=O)[C@@H]1C[C@@H](Oc2nccc3cc(OC(F)(F)F)ccc23)CN1C(=O)[C@@H](NC(=O)OC(C)(C)C)C(C)(C)C. The van der Waals surface area contributed by atoms with E-state index >= 15 is 0 Å². The number of rotatable bonds is 9. The van der Waals surface area contributed by atoms with Gasteiger partial charge in [-0.15, -0.1) is 19.8 Å². The molecular weight excluding hydrogens is 581 g/mol. The molecule has 0 saturated carbocycles. The van der Waals surface area contributed by atoms with Gasteiger partial charge in [-0.05, 0) is 61.8 Å². The van der Waals surface area contributed by atoms with Crippen LogP contribution in [0.1, 0.15) is 54.9 Å². The van der Waals surface area contributed by atoms with E-state index in [2.05, 4.69) is 26.9 Å². The largest absolute Gasteiger partial charge is 0.573 e. The Balaban J connectivity index is 1.90. The first-order chi connectivity index (χ1) is 20.3. The van der Waals surface area contributed by atoms with E-state index in [1.165, 1.54) is 29.3 Å². The van der Waals surface area contributed by atoms with Crippen LogP contribution < -0.4 is 20.1 Å². The smallest absolute Gasteiger partial charge is 0.472 e. The number of pyridine rings is 1. The summed E-state index contributed by atoms with van der Waals surface area (Å²) >= 11 is 0. The van der Waals surface area contributed by atoms with Crippen molar-refractivity contribution in [2.45, 2.75) is 85.0 Å². The molecule has 3 amide bonds. The Labute approximate surface area is 255 Å². The van der Waals surface area contributed by atoms with Crippen LogP contribution in [0, 0.1) is 11.3 Å². The molecule has 0 bridgehead atoms. The minimum Gasteiger partial charge on any atom is -0.472 e. The third-order valence-corrected chi connectivity index (χ3v) is 6.83. The lowest BCUT2D eigenvalue weighted by Crippen LogP contribution is -2.58. The molecule has 2 aromatic rings. The number of aromatic nitrogens is 1. The second kappa shape index (κ2) is 13.3. The first-order valence-corrected chi connectivity index (χ1v) is 14.3. The second-order valence-corrected chi connectivity index (χ2v) is 12.9. The van der Waals surface area contributed by atoms with E-state index < -0.39 is 59.2 Å². The number of alkyl halides is 3. The van der Waals surface area contributed by atoms with Crippen molar-refractivity contribution >= 4 is 28.7 Å². The van der Waals surface area contributed by atoms with Crippen molar-refractivity contribution in [3.8, 4) is 11.6 Å². The highest BCUT2D eigenvalue weighted by atomic mass is 19.4. The summed E-state index contributed by atoms with van der Waals surface area (Å²) in [5.74, 6) is -1.18. The number of likely N-dealkylation sites (tertiary alicyclic amines) is 1. The molecule has 13 heteroatoms. The van der Waals surface area contributed by atoms with Crippen molar-refractivity contribution in [1.82, 2.24) is 20.5 Å². The zero-order valence-corrected chi connectivity index (χ0v) is 26.1. The van der Waals surface area contributed by atoms with E-state index in [1.54, 1.807) is 47.6 Å². The maximum atomic E-state index is 14.0. The van der Waals surface area contributed by atoms with Gasteiger partial charge in [-0.3, -0.25) is 9.59 Å². The fourth-order valence-corrected chi connectivity index (χ4v) is 4.65. The van der Waals surface area contributed by atoms with E-state index in [0.29, 0.717) is 17.3 Å². The molecule has 1 aliphatic heterocycles. The Bertz CT molecular complexity index is 1370. The molecule has 1 aromatic heterocycles. The number of nitrogens with one attached hydrogen (secondary N) is 2. The number of alkyl carbamates (subject to hydrolysis) is 1. The van der Waals surface area contributed by atoms with E-state index in [1.807, 2.05) is 6.92 Å². The van der Waals surface area contributed by atoms with Crippen LogP contribution in [0.3, 0.4) is 0 Å². The average molecular weight is 623 g/mol. The number of carbonyl (C=O) groups is 3. The number of hydrogen-bond donors (Lipinski definition) is 2. The molecule has 1 saturated heterocycles. The Kier molecular flexibility index (Phi) is 10.4. The summed E-state index contributed by atoms with van der Waals surface area (Å²) < 4.78 is 53.8. The second-order valence-electron chi connectivity index (χ2n) is 12.9. The van der Waals surface area contributed by atoms with Crippen LogP contribution >= 0.6 is 0 Å². The molecule has 1 aliphatic rings. The van der Waals surface area contributed by atoms with Crippen molar-refractivity contribution in [3.05, 3.63) is 43.1 Å². The van der Waals surface area contributed by atoms with Crippen LogP contribution in [0.2, 0.25) is 0 Å². The third kappa shape index (κ3) is 9.48. The summed E-state index contributed by atoms with van der Waals surface area (Å²) in [6.07, 6.45) is -3.13. The Hall–Kier alpha value is -4.03. The topological polar surface area (TPSA) is 119 Å². The normalized spacial score (nSPS) is 18.7. The van der Waals surface area contributed by atoms with Gasteiger partial charge in [-0.2, -0.15) is 0 Å². The molecule has 3 rings (SSSR count). The summed E-state index contributed by atoms with van der Waals surface area (Å²) in [6, 6.07) is 3.32. The molecule has 1 aromatic carbocycles. The molecule has 0 radical (unpaired) electrons. The lowest BCUT2D eigenvalue weighted by Gasteiger charge is -2.35. The zero-order chi connectivity index (χ0) is 33.0. The third-order valence-electron chi connectivity index (χ3n) is 6.83. The van der Waals surface area contributed by atoms with Crippen LogP contribution in [0.25, 0.3) is 10.8 Å². The molecule has 2 heterocycles. The highest BCUT2D eigenvalue weighted by molar-refractivity contribution is 5.92. The van der Waals surface area contributed by atoms with Gasteiger partial charge in [0.25, 0.3) is 0 Å². The van der Waals surface area contributed by atoms with Gasteiger partial charge in [0.1, 0.15) is 29.5 Å². The summed E-state index contributed by atoms with van der Waals surface area (Å²) in [6.45, 7) is 16.4. The van der Waals surface area contributed by atoms with Crippen LogP contribution in [0.4, 0.5) is 18.0 Å². The van der Waals surface area contributed by atoms with Gasteiger partial charge in [0.2, 0.25) is 17.7 Å². The minimum atomic E-state index is -4.85. The van der Waals surface area contributed by atoms with Crippen molar-refractivity contribution in [2.24, 2.45) is 11.3 Å². The molecule has 1 fully saturated rings. The minimum absolute atomic E-state index is 0.0101. The van der Waals surface area contributed by atoms with Crippen LogP contribution in [0.15, 0.2) is 43.1 Å². The van der Waals surface area contributed by atoms with Crippen LogP contribution in [-0.4, -0.2) is 71.0 Å². The number of ether oxygens (including phenoxy) is 3. The Morgan fingerprint density at radius 1 is 1.14 bits per heavy atom. The van der Waals surface area contributed by atoms with E-state index in [9.17, 15) is 27.6 Å². The fraction of sp³-hybridized carbons (Fsp3) is 0.548. The quantitative estimate of drug-likeness (QED) is 0.362. The summed E-state index contributed by atoms with van der Waals surface area (Å²) in [4.78, 5) is 45.8. The molecular formula is C31H41F3N4O6. The van der Waals surface area contributed by atoms with Crippen molar-refractivity contribution in [2.75, 3.05) is 13.1 Å². The first kappa shape index (κ1) is 34.5. The lowest BCUT2D eigenvalue weighted by molar-refractivity contribution is -0.274. The number of nitrogens with zero attached hydrogens (tertiary/aromatic N) is 2. The number of hydrogen-bond acceptors (Lipinski definition) is 7. The standard InChI is InChI=1S/C31H41F3N4O6/c1-9-18(2)16-36-25(39)23-15-21(17-38(23)27(40)24(29(3,4)5)37-28(41)44-30(6,7)8)42-26-22-11-10-20(43-31(32,33)34)14-19(22)12-13-35-26/h9-14,18,21,23-24H,1,15-17H2,2-8H3,(H,36,39)(H,37,41)/t18-,21-,23+,24-/m1/s1. The molecule has 4 atom stereocenters. The lowest BCUT2D eigenvalue weighted by atomic mass is 9.85. The van der Waals surface area contributed by atoms with E-state index in [0.717, 1.165) is 6.07 Å². The van der Waals surface area contributed by atoms with E-state index in [4.69, 9.17) is 9.47 Å². The van der Waals surface area contributed by atoms with Crippen molar-refractivity contribution in [1.29, 1.82) is 0 Å². The summed E-state index contributed by atoms with van der Waals surface area (Å²) in [7, 11) is 0. The van der Waals surface area contributed by atoms with Gasteiger partial charge in [-0.1, -0.05) is 33.8 Å². The van der Waals surface area contributed by atoms with Gasteiger partial charge in [-0.25, -0.2) is 9.78 Å². The molecule has 2 N–H and O–H groups in total. The average Bonchev–Trinajstić information content (AvgIpc) is 3.31. The zero-order valence-electron chi connectivity index (χ0n) is 26.1. The van der Waals surface area contributed by atoms with Gasteiger partial charge in [0, 0.05) is 24.5 Å². The monoisotopic (exact) mass is 622 g/mol. The molecule has 0 aliphatic carbocycles. The number of fused-ring (bicyclic) bond motifs is 1. The summed E-state index contributed by atoms with van der Waals surface area (Å²) in [5, 5.41) is 6.35. The maximum absolute atomic E-state index is 14.0. The number of halogens is 3. The highest BCUT2D eigenvalue weighted by Crippen LogP contribution is 2.33. The summed E-state index contributed by atoms with van der Waals surface area (Å²) in [5.41, 5.74) is -1.55.